The molecule has 1 N–H and O–H groups in total. The second-order valence-electron chi connectivity index (χ2n) is 3.92. The van der Waals surface area contributed by atoms with Crippen LogP contribution in [0.1, 0.15) is 19.2 Å². The molecule has 0 aliphatic rings. The number of benzene rings is 1. The molecule has 0 aliphatic heterocycles. The van der Waals surface area contributed by atoms with Crippen molar-refractivity contribution < 1.29 is 4.42 Å². The van der Waals surface area contributed by atoms with E-state index in [1.165, 1.54) is 0 Å². The highest BCUT2D eigenvalue weighted by Crippen LogP contribution is 2.31. The molecular formula is C13H14BrClN2O. The number of hydrogen-bond acceptors (Lipinski definition) is 3. The maximum atomic E-state index is 6.14. The van der Waals surface area contributed by atoms with Crippen LogP contribution in [0.25, 0.3) is 11.3 Å². The van der Waals surface area contributed by atoms with Gasteiger partial charge in [-0.2, -0.15) is 0 Å². The lowest BCUT2D eigenvalue weighted by Crippen LogP contribution is -2.13. The summed E-state index contributed by atoms with van der Waals surface area (Å²) in [5.41, 5.74) is 0.847. The highest BCUT2D eigenvalue weighted by molar-refractivity contribution is 9.10. The van der Waals surface area contributed by atoms with Gasteiger partial charge >= 0.3 is 0 Å². The molecular weight excluding hydrogens is 316 g/mol. The molecule has 1 aromatic heterocycles. The molecule has 0 saturated heterocycles. The Bertz CT molecular complexity index is 527. The van der Waals surface area contributed by atoms with Gasteiger partial charge in [-0.25, -0.2) is 4.98 Å². The largest absolute Gasteiger partial charge is 0.439 e. The first-order valence-electron chi connectivity index (χ1n) is 5.81. The van der Waals surface area contributed by atoms with Crippen molar-refractivity contribution in [3.05, 3.63) is 39.8 Å². The van der Waals surface area contributed by atoms with Crippen LogP contribution in [0, 0.1) is 0 Å². The van der Waals surface area contributed by atoms with Gasteiger partial charge in [0.15, 0.2) is 5.76 Å². The van der Waals surface area contributed by atoms with Gasteiger partial charge in [0.2, 0.25) is 5.89 Å². The Morgan fingerprint density at radius 2 is 2.28 bits per heavy atom. The molecule has 18 heavy (non-hydrogen) atoms. The average molecular weight is 330 g/mol. The van der Waals surface area contributed by atoms with Gasteiger partial charge in [0, 0.05) is 10.0 Å². The molecule has 2 aromatic rings. The molecule has 0 radical (unpaired) electrons. The van der Waals surface area contributed by atoms with Gasteiger partial charge in [0.1, 0.15) is 0 Å². The molecule has 1 heterocycles. The Morgan fingerprint density at radius 1 is 1.44 bits per heavy atom. The first-order valence-corrected chi connectivity index (χ1v) is 6.98. The zero-order valence-electron chi connectivity index (χ0n) is 10.0. The SMILES string of the molecule is CCCNCc1ncc(-c2cc(Br)ccc2Cl)o1. The van der Waals surface area contributed by atoms with E-state index >= 15 is 0 Å². The van der Waals surface area contributed by atoms with Crippen LogP contribution in [0.5, 0.6) is 0 Å². The molecule has 0 aliphatic carbocycles. The summed E-state index contributed by atoms with van der Waals surface area (Å²) in [4.78, 5) is 4.23. The van der Waals surface area contributed by atoms with E-state index in [2.05, 4.69) is 33.2 Å². The second kappa shape index (κ2) is 6.36. The minimum atomic E-state index is 0.638. The Morgan fingerprint density at radius 3 is 3.06 bits per heavy atom. The number of aromatic nitrogens is 1. The van der Waals surface area contributed by atoms with Crippen molar-refractivity contribution in [1.29, 1.82) is 0 Å². The van der Waals surface area contributed by atoms with E-state index in [9.17, 15) is 0 Å². The van der Waals surface area contributed by atoms with E-state index in [1.54, 1.807) is 6.20 Å². The number of oxazole rings is 1. The third kappa shape index (κ3) is 3.34. The van der Waals surface area contributed by atoms with E-state index in [-0.39, 0.29) is 0 Å². The van der Waals surface area contributed by atoms with Crippen LogP contribution >= 0.6 is 27.5 Å². The normalized spacial score (nSPS) is 10.8. The van der Waals surface area contributed by atoms with Gasteiger partial charge in [-0.3, -0.25) is 0 Å². The van der Waals surface area contributed by atoms with Crippen molar-refractivity contribution in [2.45, 2.75) is 19.9 Å². The van der Waals surface area contributed by atoms with Crippen molar-refractivity contribution in [3.63, 3.8) is 0 Å². The summed E-state index contributed by atoms with van der Waals surface area (Å²) in [6.45, 7) is 3.71. The predicted molar refractivity (Wildman–Crippen MR) is 76.6 cm³/mol. The molecule has 0 saturated carbocycles. The van der Waals surface area contributed by atoms with Crippen molar-refractivity contribution >= 4 is 27.5 Å². The van der Waals surface area contributed by atoms with Crippen molar-refractivity contribution in [1.82, 2.24) is 10.3 Å². The van der Waals surface area contributed by atoms with E-state index < -0.39 is 0 Å². The van der Waals surface area contributed by atoms with Gasteiger partial charge in [-0.05, 0) is 31.2 Å². The Kier molecular flexibility index (Phi) is 4.80. The Balaban J connectivity index is 2.16. The molecule has 0 unspecified atom stereocenters. The van der Waals surface area contributed by atoms with Gasteiger partial charge in [-0.15, -0.1) is 0 Å². The van der Waals surface area contributed by atoms with Gasteiger partial charge < -0.3 is 9.73 Å². The smallest absolute Gasteiger partial charge is 0.208 e. The number of hydrogen-bond donors (Lipinski definition) is 1. The van der Waals surface area contributed by atoms with Gasteiger partial charge in [0.05, 0.1) is 17.8 Å². The van der Waals surface area contributed by atoms with Crippen LogP contribution in [0.4, 0.5) is 0 Å². The quantitative estimate of drug-likeness (QED) is 0.833. The Labute approximate surface area is 120 Å². The first-order chi connectivity index (χ1) is 8.70. The fourth-order valence-electron chi connectivity index (χ4n) is 1.57. The summed E-state index contributed by atoms with van der Waals surface area (Å²) in [6, 6.07) is 5.65. The number of rotatable bonds is 5. The zero-order valence-corrected chi connectivity index (χ0v) is 12.4. The molecule has 96 valence electrons. The highest BCUT2D eigenvalue weighted by atomic mass is 79.9. The molecule has 0 spiro atoms. The van der Waals surface area contributed by atoms with E-state index in [0.29, 0.717) is 23.2 Å². The molecule has 0 amide bonds. The minimum Gasteiger partial charge on any atom is -0.439 e. The Hall–Kier alpha value is -0.840. The lowest BCUT2D eigenvalue weighted by Gasteiger charge is -2.01. The average Bonchev–Trinajstić information content (AvgIpc) is 2.81. The molecule has 1 aromatic carbocycles. The third-order valence-corrected chi connectivity index (χ3v) is 3.27. The van der Waals surface area contributed by atoms with Crippen molar-refractivity contribution in [2.24, 2.45) is 0 Å². The van der Waals surface area contributed by atoms with Crippen LogP contribution in [-0.4, -0.2) is 11.5 Å². The van der Waals surface area contributed by atoms with E-state index in [1.807, 2.05) is 18.2 Å². The van der Waals surface area contributed by atoms with Crippen LogP contribution in [-0.2, 0) is 6.54 Å². The summed E-state index contributed by atoms with van der Waals surface area (Å²) in [7, 11) is 0. The molecule has 3 nitrogen and oxygen atoms in total. The standard InChI is InChI=1S/C13H14BrClN2O/c1-2-5-16-8-13-17-7-12(18-13)10-6-9(14)3-4-11(10)15/h3-4,6-7,16H,2,5,8H2,1H3. The first kappa shape index (κ1) is 13.6. The number of halogens is 2. The molecule has 5 heteroatoms. The fourth-order valence-corrected chi connectivity index (χ4v) is 2.15. The van der Waals surface area contributed by atoms with Gasteiger partial charge in [0.25, 0.3) is 0 Å². The molecule has 0 fully saturated rings. The zero-order chi connectivity index (χ0) is 13.0. The van der Waals surface area contributed by atoms with Crippen LogP contribution < -0.4 is 5.32 Å². The van der Waals surface area contributed by atoms with E-state index in [0.717, 1.165) is 23.0 Å². The van der Waals surface area contributed by atoms with Crippen molar-refractivity contribution in [3.8, 4) is 11.3 Å². The maximum Gasteiger partial charge on any atom is 0.208 e. The minimum absolute atomic E-state index is 0.638. The van der Waals surface area contributed by atoms with Crippen LogP contribution in [0.3, 0.4) is 0 Å². The summed E-state index contributed by atoms with van der Waals surface area (Å²) in [5, 5.41) is 3.90. The van der Waals surface area contributed by atoms with Gasteiger partial charge in [-0.1, -0.05) is 34.5 Å². The summed E-state index contributed by atoms with van der Waals surface area (Å²) < 4.78 is 6.64. The number of nitrogens with zero attached hydrogens (tertiary/aromatic N) is 1. The highest BCUT2D eigenvalue weighted by Gasteiger charge is 2.10. The molecule has 0 bridgehead atoms. The summed E-state index contributed by atoms with van der Waals surface area (Å²) in [5.74, 6) is 1.36. The van der Waals surface area contributed by atoms with E-state index in [4.69, 9.17) is 16.0 Å². The lowest BCUT2D eigenvalue weighted by atomic mass is 10.2. The fraction of sp³-hybridized carbons (Fsp3) is 0.308. The lowest BCUT2D eigenvalue weighted by molar-refractivity contribution is 0.478. The summed E-state index contributed by atoms with van der Waals surface area (Å²) in [6.07, 6.45) is 2.79. The maximum absolute atomic E-state index is 6.14. The summed E-state index contributed by atoms with van der Waals surface area (Å²) >= 11 is 9.56. The van der Waals surface area contributed by atoms with Crippen LogP contribution in [0.15, 0.2) is 33.3 Å². The molecule has 2 rings (SSSR count). The van der Waals surface area contributed by atoms with Crippen LogP contribution in [0.2, 0.25) is 5.02 Å². The topological polar surface area (TPSA) is 38.1 Å². The monoisotopic (exact) mass is 328 g/mol. The molecule has 0 atom stereocenters. The predicted octanol–water partition coefficient (Wildman–Crippen LogP) is 4.26. The number of nitrogens with one attached hydrogen (secondary N) is 1. The second-order valence-corrected chi connectivity index (χ2v) is 5.24. The van der Waals surface area contributed by atoms with Crippen molar-refractivity contribution in [2.75, 3.05) is 6.54 Å². The third-order valence-electron chi connectivity index (χ3n) is 2.45.